The van der Waals surface area contributed by atoms with Crippen LogP contribution in [0.4, 0.5) is 4.79 Å². The molecular formula is C27H32N4O4. The van der Waals surface area contributed by atoms with Crippen molar-refractivity contribution in [1.82, 2.24) is 19.9 Å². The van der Waals surface area contributed by atoms with Crippen LogP contribution < -0.4 is 0 Å². The van der Waals surface area contributed by atoms with Gasteiger partial charge in [-0.15, -0.1) is 5.10 Å². The molecule has 1 aliphatic rings. The zero-order chi connectivity index (χ0) is 25.0. The molecule has 1 N–H and O–H groups in total. The van der Waals surface area contributed by atoms with Gasteiger partial charge in [-0.2, -0.15) is 0 Å². The summed E-state index contributed by atoms with van der Waals surface area (Å²) in [7, 11) is 0. The van der Waals surface area contributed by atoms with Crippen LogP contribution in [0.15, 0.2) is 60.8 Å². The van der Waals surface area contributed by atoms with Crippen LogP contribution in [0, 0.1) is 11.8 Å². The lowest BCUT2D eigenvalue weighted by molar-refractivity contribution is -0.143. The van der Waals surface area contributed by atoms with Crippen LogP contribution in [-0.2, 0) is 22.4 Å². The molecule has 4 rings (SSSR count). The predicted molar refractivity (Wildman–Crippen MR) is 131 cm³/mol. The summed E-state index contributed by atoms with van der Waals surface area (Å²) in [6.45, 7) is 6.37. The highest BCUT2D eigenvalue weighted by molar-refractivity contribution is 5.72. The summed E-state index contributed by atoms with van der Waals surface area (Å²) in [6.07, 6.45) is 3.22. The number of rotatable bonds is 7. The quantitative estimate of drug-likeness (QED) is 0.544. The highest BCUT2D eigenvalue weighted by atomic mass is 16.6. The molecule has 0 radical (unpaired) electrons. The van der Waals surface area contributed by atoms with Gasteiger partial charge in [0.2, 0.25) is 0 Å². The topological polar surface area (TPSA) is 97.5 Å². The van der Waals surface area contributed by atoms with E-state index in [1.807, 2.05) is 69.4 Å². The van der Waals surface area contributed by atoms with Crippen molar-refractivity contribution in [2.45, 2.75) is 45.6 Å². The Morgan fingerprint density at radius 3 is 2.57 bits per heavy atom. The Labute approximate surface area is 205 Å². The summed E-state index contributed by atoms with van der Waals surface area (Å²) in [6, 6.07) is 17.8. The minimum Gasteiger partial charge on any atom is -0.481 e. The number of aliphatic carboxylic acids is 1. The Morgan fingerprint density at radius 1 is 1.11 bits per heavy atom. The first-order chi connectivity index (χ1) is 16.7. The number of amides is 1. The molecule has 2 aromatic carbocycles. The molecule has 0 unspecified atom stereocenters. The van der Waals surface area contributed by atoms with Gasteiger partial charge in [0.15, 0.2) is 0 Å². The van der Waals surface area contributed by atoms with Gasteiger partial charge in [-0.05, 0) is 62.8 Å². The summed E-state index contributed by atoms with van der Waals surface area (Å²) in [5, 5.41) is 18.5. The molecule has 1 aliphatic heterocycles. The van der Waals surface area contributed by atoms with Crippen LogP contribution in [0.5, 0.6) is 0 Å². The number of hydrogen-bond acceptors (Lipinski definition) is 5. The third-order valence-electron chi connectivity index (χ3n) is 6.16. The van der Waals surface area contributed by atoms with Gasteiger partial charge in [0.25, 0.3) is 0 Å². The molecule has 2 heterocycles. The zero-order valence-corrected chi connectivity index (χ0v) is 20.4. The molecule has 35 heavy (non-hydrogen) atoms. The van der Waals surface area contributed by atoms with Gasteiger partial charge >= 0.3 is 12.1 Å². The highest BCUT2D eigenvalue weighted by Crippen LogP contribution is 2.29. The molecule has 3 aromatic rings. The Bertz CT molecular complexity index is 1170. The first-order valence-electron chi connectivity index (χ1n) is 11.9. The number of likely N-dealkylation sites (tertiary alicyclic amines) is 1. The molecule has 0 saturated carbocycles. The van der Waals surface area contributed by atoms with Crippen molar-refractivity contribution in [2.75, 3.05) is 13.1 Å². The normalized spacial score (nSPS) is 16.8. The van der Waals surface area contributed by atoms with Crippen LogP contribution in [-0.4, -0.2) is 55.8 Å². The van der Waals surface area contributed by atoms with Gasteiger partial charge in [-0.3, -0.25) is 4.79 Å². The summed E-state index contributed by atoms with van der Waals surface area (Å²) in [5.41, 5.74) is 3.18. The number of aromatic nitrogens is 3. The van der Waals surface area contributed by atoms with Crippen molar-refractivity contribution < 1.29 is 19.4 Å². The van der Waals surface area contributed by atoms with Gasteiger partial charge < -0.3 is 14.7 Å². The second-order valence-electron chi connectivity index (χ2n) is 10.1. The standard InChI is InChI=1S/C27H32N4O4/c1-27(2,3)35-26(34)30-13-12-21(17-30)24(25(32)33)16-20-10-7-11-23(15-20)31-18-22(28-29-31)14-19-8-5-4-6-9-19/h4-11,15,18,21,24H,12-14,16-17H2,1-3H3,(H,32,33)/t21-,24-/m0/s1. The SMILES string of the molecule is CC(C)(C)OC(=O)N1CC[C@H]([C@H](Cc2cccc(-n3cc(Cc4ccccc4)nn3)c2)C(=O)O)C1. The van der Waals surface area contributed by atoms with Crippen molar-refractivity contribution in [3.8, 4) is 5.69 Å². The molecule has 1 aromatic heterocycles. The monoisotopic (exact) mass is 476 g/mol. The van der Waals surface area contributed by atoms with Gasteiger partial charge in [0.05, 0.1) is 23.5 Å². The fraction of sp³-hybridized carbons (Fsp3) is 0.407. The molecule has 0 aliphatic carbocycles. The van der Waals surface area contributed by atoms with Gasteiger partial charge in [0, 0.05) is 19.5 Å². The predicted octanol–water partition coefficient (Wildman–Crippen LogP) is 4.36. The van der Waals surface area contributed by atoms with Crippen molar-refractivity contribution in [2.24, 2.45) is 11.8 Å². The molecule has 2 atom stereocenters. The van der Waals surface area contributed by atoms with E-state index in [0.717, 1.165) is 22.5 Å². The second-order valence-corrected chi connectivity index (χ2v) is 10.1. The fourth-order valence-corrected chi connectivity index (χ4v) is 4.45. The van der Waals surface area contributed by atoms with Crippen molar-refractivity contribution in [3.63, 3.8) is 0 Å². The molecule has 0 bridgehead atoms. The first kappa shape index (κ1) is 24.4. The van der Waals surface area contributed by atoms with Gasteiger partial charge in [-0.25, -0.2) is 9.48 Å². The summed E-state index contributed by atoms with van der Waals surface area (Å²) >= 11 is 0. The first-order valence-corrected chi connectivity index (χ1v) is 11.9. The largest absolute Gasteiger partial charge is 0.481 e. The molecule has 0 spiro atoms. The van der Waals surface area contributed by atoms with Crippen molar-refractivity contribution in [3.05, 3.63) is 77.6 Å². The summed E-state index contributed by atoms with van der Waals surface area (Å²) in [4.78, 5) is 26.2. The van der Waals surface area contributed by atoms with E-state index in [4.69, 9.17) is 4.74 Å². The molecule has 1 fully saturated rings. The van der Waals surface area contributed by atoms with Crippen LogP contribution in [0.3, 0.4) is 0 Å². The summed E-state index contributed by atoms with van der Waals surface area (Å²) < 4.78 is 7.18. The number of ether oxygens (including phenoxy) is 1. The number of hydrogen-bond donors (Lipinski definition) is 1. The highest BCUT2D eigenvalue weighted by Gasteiger charge is 2.37. The maximum absolute atomic E-state index is 12.4. The Kier molecular flexibility index (Phi) is 7.19. The molecule has 8 heteroatoms. The van der Waals surface area contributed by atoms with E-state index in [9.17, 15) is 14.7 Å². The number of benzene rings is 2. The van der Waals surface area contributed by atoms with Crippen molar-refractivity contribution >= 4 is 12.1 Å². The smallest absolute Gasteiger partial charge is 0.410 e. The number of carboxylic acid groups (broad SMARTS) is 1. The van der Waals surface area contributed by atoms with Crippen molar-refractivity contribution in [1.29, 1.82) is 0 Å². The van der Waals surface area contributed by atoms with E-state index in [1.165, 1.54) is 0 Å². The van der Waals surface area contributed by atoms with E-state index in [-0.39, 0.29) is 12.0 Å². The average Bonchev–Trinajstić information content (AvgIpc) is 3.47. The molecule has 1 saturated heterocycles. The maximum atomic E-state index is 12.4. The maximum Gasteiger partial charge on any atom is 0.410 e. The number of carbonyl (C=O) groups is 2. The lowest BCUT2D eigenvalue weighted by Gasteiger charge is -2.25. The van der Waals surface area contributed by atoms with Gasteiger partial charge in [-0.1, -0.05) is 47.7 Å². The Morgan fingerprint density at radius 2 is 1.86 bits per heavy atom. The third kappa shape index (κ3) is 6.47. The summed E-state index contributed by atoms with van der Waals surface area (Å²) in [5.74, 6) is -1.58. The minimum atomic E-state index is -0.850. The fourth-order valence-electron chi connectivity index (χ4n) is 4.45. The lowest BCUT2D eigenvalue weighted by atomic mass is 9.86. The second kappa shape index (κ2) is 10.3. The van der Waals surface area contributed by atoms with Crippen LogP contribution >= 0.6 is 0 Å². The van der Waals surface area contributed by atoms with E-state index in [1.54, 1.807) is 9.58 Å². The Hall–Kier alpha value is -3.68. The number of carboxylic acids is 1. The lowest BCUT2D eigenvalue weighted by Crippen LogP contribution is -2.36. The van der Waals surface area contributed by atoms with Crippen LogP contribution in [0.1, 0.15) is 44.0 Å². The molecular weight excluding hydrogens is 444 g/mol. The van der Waals surface area contributed by atoms with Crippen LogP contribution in [0.25, 0.3) is 5.69 Å². The average molecular weight is 477 g/mol. The van der Waals surface area contributed by atoms with E-state index >= 15 is 0 Å². The zero-order valence-electron chi connectivity index (χ0n) is 20.4. The van der Waals surface area contributed by atoms with E-state index in [2.05, 4.69) is 22.4 Å². The van der Waals surface area contributed by atoms with Crippen LogP contribution in [0.2, 0.25) is 0 Å². The number of carbonyl (C=O) groups excluding carboxylic acids is 1. The van der Waals surface area contributed by atoms with E-state index in [0.29, 0.717) is 32.4 Å². The molecule has 1 amide bonds. The third-order valence-corrected chi connectivity index (χ3v) is 6.16. The Balaban J connectivity index is 1.43. The molecule has 8 nitrogen and oxygen atoms in total. The van der Waals surface area contributed by atoms with Gasteiger partial charge in [0.1, 0.15) is 5.60 Å². The van der Waals surface area contributed by atoms with E-state index < -0.39 is 17.5 Å². The minimum absolute atomic E-state index is 0.132. The number of nitrogens with zero attached hydrogens (tertiary/aromatic N) is 4. The molecule has 184 valence electrons.